The number of nitrogens with one attached hydrogen (secondary N) is 1. The Morgan fingerprint density at radius 3 is 2.71 bits per heavy atom. The molecule has 0 spiro atoms. The minimum Gasteiger partial charge on any atom is -0.478 e. The summed E-state index contributed by atoms with van der Waals surface area (Å²) in [5.41, 5.74) is 3.51. The van der Waals surface area contributed by atoms with E-state index in [0.29, 0.717) is 12.0 Å². The van der Waals surface area contributed by atoms with Crippen LogP contribution in [-0.4, -0.2) is 16.1 Å². The summed E-state index contributed by atoms with van der Waals surface area (Å²) in [6, 6.07) is 11.9. The summed E-state index contributed by atoms with van der Waals surface area (Å²) in [5, 5.41) is 9.94. The molecule has 2 N–H and O–H groups in total. The molecule has 1 aromatic heterocycles. The quantitative estimate of drug-likeness (QED) is 0.765. The van der Waals surface area contributed by atoms with Crippen LogP contribution in [0.15, 0.2) is 42.5 Å². The molecule has 0 fully saturated rings. The van der Waals surface area contributed by atoms with Gasteiger partial charge in [-0.15, -0.1) is 0 Å². The molecule has 0 atom stereocenters. The van der Waals surface area contributed by atoms with Crippen molar-refractivity contribution >= 4 is 16.9 Å². The maximum absolute atomic E-state index is 14.1. The first kappa shape index (κ1) is 13.4. The number of hydrogen-bond acceptors (Lipinski definition) is 1. The second-order valence-corrected chi connectivity index (χ2v) is 5.06. The minimum absolute atomic E-state index is 0.0353. The monoisotopic (exact) mass is 283 g/mol. The molecular weight excluding hydrogens is 269 g/mol. The number of benzene rings is 2. The molecule has 0 amide bonds. The number of aromatic nitrogens is 1. The van der Waals surface area contributed by atoms with Gasteiger partial charge in [0.2, 0.25) is 0 Å². The lowest BCUT2D eigenvalue weighted by molar-refractivity contribution is 0.0696. The van der Waals surface area contributed by atoms with Crippen LogP contribution in [0.5, 0.6) is 0 Å². The average molecular weight is 283 g/mol. The van der Waals surface area contributed by atoms with Crippen LogP contribution in [0.25, 0.3) is 10.9 Å². The zero-order valence-corrected chi connectivity index (χ0v) is 11.5. The van der Waals surface area contributed by atoms with Crippen LogP contribution >= 0.6 is 0 Å². The number of aryl methyl sites for hydroxylation is 1. The van der Waals surface area contributed by atoms with E-state index < -0.39 is 11.8 Å². The van der Waals surface area contributed by atoms with Gasteiger partial charge in [0.15, 0.2) is 0 Å². The lowest BCUT2D eigenvalue weighted by Crippen LogP contribution is -2.00. The predicted molar refractivity (Wildman–Crippen MR) is 79.2 cm³/mol. The highest BCUT2D eigenvalue weighted by molar-refractivity contribution is 5.88. The molecule has 0 aliphatic carbocycles. The Bertz CT molecular complexity index is 836. The number of halogens is 1. The Morgan fingerprint density at radius 2 is 2.00 bits per heavy atom. The van der Waals surface area contributed by atoms with Crippen molar-refractivity contribution in [2.24, 2.45) is 0 Å². The Labute approximate surface area is 121 Å². The summed E-state index contributed by atoms with van der Waals surface area (Å²) in [6.45, 7) is 1.96. The summed E-state index contributed by atoms with van der Waals surface area (Å²) in [7, 11) is 0. The van der Waals surface area contributed by atoms with Crippen molar-refractivity contribution in [1.29, 1.82) is 0 Å². The van der Waals surface area contributed by atoms with E-state index >= 15 is 0 Å². The molecule has 3 nitrogen and oxygen atoms in total. The molecule has 0 radical (unpaired) electrons. The second-order valence-electron chi connectivity index (χ2n) is 5.06. The third-order valence-electron chi connectivity index (χ3n) is 3.69. The predicted octanol–water partition coefficient (Wildman–Crippen LogP) is 3.90. The molecule has 0 bridgehead atoms. The van der Waals surface area contributed by atoms with Crippen molar-refractivity contribution in [1.82, 2.24) is 4.98 Å². The molecule has 2 aromatic carbocycles. The maximum atomic E-state index is 14.1. The molecule has 21 heavy (non-hydrogen) atoms. The first-order valence-corrected chi connectivity index (χ1v) is 6.64. The number of rotatable bonds is 3. The highest BCUT2D eigenvalue weighted by Crippen LogP contribution is 2.25. The van der Waals surface area contributed by atoms with Gasteiger partial charge in [-0.3, -0.25) is 0 Å². The summed E-state index contributed by atoms with van der Waals surface area (Å²) >= 11 is 0. The zero-order chi connectivity index (χ0) is 15.0. The fourth-order valence-electron chi connectivity index (χ4n) is 2.58. The largest absolute Gasteiger partial charge is 0.478 e. The number of carboxylic acid groups (broad SMARTS) is 1. The van der Waals surface area contributed by atoms with Gasteiger partial charge in [-0.25, -0.2) is 9.18 Å². The maximum Gasteiger partial charge on any atom is 0.335 e. The van der Waals surface area contributed by atoms with Gasteiger partial charge in [0.05, 0.1) is 5.56 Å². The zero-order valence-electron chi connectivity index (χ0n) is 11.5. The molecule has 0 saturated carbocycles. The number of fused-ring (bicyclic) bond motifs is 1. The van der Waals surface area contributed by atoms with Gasteiger partial charge < -0.3 is 10.1 Å². The van der Waals surface area contributed by atoms with Gasteiger partial charge in [-0.2, -0.15) is 0 Å². The Hall–Kier alpha value is -2.62. The number of H-pyrrole nitrogens is 1. The van der Waals surface area contributed by atoms with Gasteiger partial charge in [-0.1, -0.05) is 24.3 Å². The first-order valence-electron chi connectivity index (χ1n) is 6.64. The van der Waals surface area contributed by atoms with E-state index in [1.165, 1.54) is 6.07 Å². The van der Waals surface area contributed by atoms with Crippen LogP contribution in [0.2, 0.25) is 0 Å². The second kappa shape index (κ2) is 5.05. The molecule has 3 aromatic rings. The van der Waals surface area contributed by atoms with Gasteiger partial charge in [-0.05, 0) is 36.2 Å². The van der Waals surface area contributed by atoms with Gasteiger partial charge in [0, 0.05) is 23.0 Å². The van der Waals surface area contributed by atoms with E-state index in [9.17, 15) is 9.18 Å². The van der Waals surface area contributed by atoms with E-state index in [2.05, 4.69) is 4.98 Å². The van der Waals surface area contributed by atoms with Crippen LogP contribution in [0.3, 0.4) is 0 Å². The summed E-state index contributed by atoms with van der Waals surface area (Å²) in [6.07, 6.45) is 0.432. The molecule has 106 valence electrons. The fraction of sp³-hybridized carbons (Fsp3) is 0.118. The summed E-state index contributed by atoms with van der Waals surface area (Å²) in [4.78, 5) is 14.1. The van der Waals surface area contributed by atoms with Crippen LogP contribution in [0.4, 0.5) is 4.39 Å². The highest BCUT2D eigenvalue weighted by Gasteiger charge is 2.13. The molecule has 0 saturated heterocycles. The Kier molecular flexibility index (Phi) is 3.22. The Balaban J connectivity index is 2.03. The van der Waals surface area contributed by atoms with Gasteiger partial charge >= 0.3 is 5.97 Å². The number of hydrogen-bond donors (Lipinski definition) is 2. The number of aromatic carboxylic acids is 1. The van der Waals surface area contributed by atoms with E-state index in [0.717, 1.165) is 28.2 Å². The average Bonchev–Trinajstić information content (AvgIpc) is 2.77. The molecule has 4 heteroatoms. The van der Waals surface area contributed by atoms with Crippen LogP contribution in [-0.2, 0) is 6.42 Å². The molecule has 0 aliphatic rings. The minimum atomic E-state index is -1.12. The van der Waals surface area contributed by atoms with Crippen LogP contribution in [0, 0.1) is 12.7 Å². The topological polar surface area (TPSA) is 53.1 Å². The number of aromatic amines is 1. The van der Waals surface area contributed by atoms with Crippen molar-refractivity contribution in [2.45, 2.75) is 13.3 Å². The van der Waals surface area contributed by atoms with Crippen LogP contribution < -0.4 is 0 Å². The van der Waals surface area contributed by atoms with Gasteiger partial charge in [0.1, 0.15) is 5.82 Å². The number of carbonyl (C=O) groups is 1. The third-order valence-corrected chi connectivity index (χ3v) is 3.69. The fourth-order valence-corrected chi connectivity index (χ4v) is 2.58. The molecule has 1 heterocycles. The van der Waals surface area contributed by atoms with Crippen molar-refractivity contribution in [3.8, 4) is 0 Å². The molecular formula is C17H14FNO2. The number of carboxylic acids is 1. The van der Waals surface area contributed by atoms with Crippen molar-refractivity contribution < 1.29 is 14.3 Å². The Morgan fingerprint density at radius 1 is 1.24 bits per heavy atom. The lowest BCUT2D eigenvalue weighted by atomic mass is 10.0. The number of para-hydroxylation sites is 1. The van der Waals surface area contributed by atoms with E-state index in [1.54, 1.807) is 6.07 Å². The van der Waals surface area contributed by atoms with E-state index in [4.69, 9.17) is 5.11 Å². The van der Waals surface area contributed by atoms with Crippen molar-refractivity contribution in [3.63, 3.8) is 0 Å². The smallest absolute Gasteiger partial charge is 0.335 e. The van der Waals surface area contributed by atoms with E-state index in [1.807, 2.05) is 31.2 Å². The molecule has 0 unspecified atom stereocenters. The van der Waals surface area contributed by atoms with Gasteiger partial charge in [0.25, 0.3) is 0 Å². The first-order chi connectivity index (χ1) is 10.1. The van der Waals surface area contributed by atoms with Crippen LogP contribution in [0.1, 0.15) is 27.2 Å². The SMILES string of the molecule is Cc1[nH]c2ccccc2c1Cc1ccc(C(=O)O)cc1F. The normalized spacial score (nSPS) is 11.0. The lowest BCUT2D eigenvalue weighted by Gasteiger charge is -2.05. The summed E-state index contributed by atoms with van der Waals surface area (Å²) in [5.74, 6) is -1.61. The standard InChI is InChI=1S/C17H14FNO2/c1-10-14(13-4-2-3-5-16(13)19-10)8-11-6-7-12(17(20)21)9-15(11)18/h2-7,9,19H,8H2,1H3,(H,20,21). The van der Waals surface area contributed by atoms with Crippen molar-refractivity contribution in [2.75, 3.05) is 0 Å². The highest BCUT2D eigenvalue weighted by atomic mass is 19.1. The molecule has 0 aliphatic heterocycles. The third kappa shape index (κ3) is 2.40. The van der Waals surface area contributed by atoms with Crippen molar-refractivity contribution in [3.05, 3.63) is 70.7 Å². The summed E-state index contributed by atoms with van der Waals surface area (Å²) < 4.78 is 14.1. The molecule has 3 rings (SSSR count). The van der Waals surface area contributed by atoms with E-state index in [-0.39, 0.29) is 5.56 Å².